The van der Waals surface area contributed by atoms with Gasteiger partial charge in [-0.2, -0.15) is 0 Å². The maximum absolute atomic E-state index is 5.16. The normalized spacial score (nSPS) is 19.7. The molecule has 0 radical (unpaired) electrons. The van der Waals surface area contributed by atoms with Crippen LogP contribution in [-0.4, -0.2) is 32.7 Å². The molecule has 0 unspecified atom stereocenters. The molecule has 0 fully saturated rings. The molecular weight excluding hydrogens is 510 g/mol. The molecule has 9 heteroatoms. The average molecular weight is 528 g/mol. The molecule has 1 N–H and O–H groups in total. The van der Waals surface area contributed by atoms with Crippen LogP contribution in [0.3, 0.4) is 0 Å². The molecule has 0 atom stereocenters. The van der Waals surface area contributed by atoms with Crippen LogP contribution >= 0.6 is 0 Å². The summed E-state index contributed by atoms with van der Waals surface area (Å²) in [7, 11) is 0. The molecule has 41 heavy (non-hydrogen) atoms. The minimum absolute atomic E-state index is 0.609. The molecule has 190 valence electrons. The van der Waals surface area contributed by atoms with Crippen LogP contribution in [0.25, 0.3) is 21.5 Å². The zero-order chi connectivity index (χ0) is 26.7. The van der Waals surface area contributed by atoms with E-state index in [4.69, 9.17) is 30.0 Å². The Morgan fingerprint density at radius 1 is 0.366 bits per heavy atom. The Labute approximate surface area is 231 Å². The Balaban J connectivity index is 1.48. The van der Waals surface area contributed by atoms with Crippen LogP contribution in [-0.2, 0) is 0 Å². The maximum Gasteiger partial charge on any atom is 0.165 e. The second-order valence-electron chi connectivity index (χ2n) is 10.2. The summed E-state index contributed by atoms with van der Waals surface area (Å²) < 4.78 is 3.81. The Morgan fingerprint density at radius 3 is 1.17 bits per heavy atom. The average Bonchev–Trinajstić information content (AvgIpc) is 3.72. The van der Waals surface area contributed by atoms with E-state index in [1.807, 2.05) is 82.1 Å². The van der Waals surface area contributed by atoms with Gasteiger partial charge in [0, 0.05) is 43.8 Å². The van der Waals surface area contributed by atoms with E-state index in [-0.39, 0.29) is 0 Å². The summed E-state index contributed by atoms with van der Waals surface area (Å²) >= 11 is 0. The fourth-order valence-electron chi connectivity index (χ4n) is 6.09. The lowest BCUT2D eigenvalue weighted by Crippen LogP contribution is -2.39. The third-order valence-corrected chi connectivity index (χ3v) is 7.95. The van der Waals surface area contributed by atoms with Crippen molar-refractivity contribution in [1.29, 1.82) is 0 Å². The Bertz CT molecular complexity index is 2290. The topological polar surface area (TPSA) is 96.0 Å². The van der Waals surface area contributed by atoms with Crippen molar-refractivity contribution >= 4 is 56.5 Å². The highest BCUT2D eigenvalue weighted by Crippen LogP contribution is 2.39. The van der Waals surface area contributed by atoms with Gasteiger partial charge >= 0.3 is 0 Å². The van der Waals surface area contributed by atoms with E-state index in [0.29, 0.717) is 46.0 Å². The van der Waals surface area contributed by atoms with Crippen molar-refractivity contribution < 1.29 is 0 Å². The van der Waals surface area contributed by atoms with Crippen LogP contribution in [0.5, 0.6) is 0 Å². The van der Waals surface area contributed by atoms with Crippen LogP contribution in [0.1, 0.15) is 22.3 Å². The fourth-order valence-corrected chi connectivity index (χ4v) is 6.09. The van der Waals surface area contributed by atoms with Crippen molar-refractivity contribution in [3.63, 3.8) is 0 Å². The molecule has 6 bridgehead atoms. The van der Waals surface area contributed by atoms with Gasteiger partial charge in [0.2, 0.25) is 0 Å². The Morgan fingerprint density at radius 2 is 0.732 bits per heavy atom. The van der Waals surface area contributed by atoms with Gasteiger partial charge in [-0.3, -0.25) is 0 Å². The first-order valence-electron chi connectivity index (χ1n) is 13.3. The van der Waals surface area contributed by atoms with E-state index in [1.165, 1.54) is 0 Å². The van der Waals surface area contributed by atoms with Crippen LogP contribution in [0.2, 0.25) is 0 Å². The number of rotatable bonds is 0. The summed E-state index contributed by atoms with van der Waals surface area (Å²) in [5.74, 6) is 3.80. The number of hydrogen-bond donors (Lipinski definition) is 1. The van der Waals surface area contributed by atoms with Gasteiger partial charge in [0.1, 0.15) is 0 Å². The van der Waals surface area contributed by atoms with Crippen LogP contribution in [0.15, 0.2) is 127 Å². The number of aliphatic imine (C=N–C) groups is 4. The van der Waals surface area contributed by atoms with Gasteiger partial charge in [0.05, 0.1) is 0 Å². The van der Waals surface area contributed by atoms with Crippen molar-refractivity contribution in [1.82, 2.24) is 9.35 Å². The number of amidine groups is 4. The standard InChI is InChI=1S/C32H17N9/c1-2-10-18-17(9-1)25-33-26(18)36-30-23-15-7-8-16-24(23)32-38-28-20-12-4-3-11-19(20)27(34-28)37-31-22-14-6-5-13-21(22)29(35-25)40(31)39-41(30)32/h1-16,39H/b35-25-,35-29?,36-26?,36-30-,37-27-,37-31?,38-28?,38-32-. The fraction of sp³-hybridized carbons (Fsp3) is 0. The zero-order valence-corrected chi connectivity index (χ0v) is 21.3. The molecule has 0 saturated heterocycles. The predicted octanol–water partition coefficient (Wildman–Crippen LogP) is 4.55. The van der Waals surface area contributed by atoms with Crippen LogP contribution in [0, 0.1) is 0 Å². The molecule has 10 rings (SSSR count). The number of fused-ring (bicyclic) bond motifs is 14. The third-order valence-electron chi connectivity index (χ3n) is 7.95. The number of nitrogens with zero attached hydrogens (tertiary/aromatic N) is 8. The summed E-state index contributed by atoms with van der Waals surface area (Å²) in [6.45, 7) is 0. The third kappa shape index (κ3) is 2.69. The zero-order valence-electron chi connectivity index (χ0n) is 21.3. The molecule has 9 nitrogen and oxygen atoms in total. The molecule has 4 aliphatic heterocycles. The molecule has 0 aliphatic carbocycles. The lowest BCUT2D eigenvalue weighted by Gasteiger charge is -2.14. The van der Waals surface area contributed by atoms with Gasteiger partial charge in [-0.05, 0) is 0 Å². The largest absolute Gasteiger partial charge is 0.224 e. The number of benzene rings is 4. The van der Waals surface area contributed by atoms with E-state index < -0.39 is 0 Å². The first-order valence-corrected chi connectivity index (χ1v) is 13.3. The summed E-state index contributed by atoms with van der Waals surface area (Å²) in [5.41, 5.74) is 8.73. The highest BCUT2D eigenvalue weighted by molar-refractivity contribution is 6.25. The second-order valence-corrected chi connectivity index (χ2v) is 10.2. The summed E-state index contributed by atoms with van der Waals surface area (Å²) in [5, 5.41) is 3.77. The quantitative estimate of drug-likeness (QED) is 0.308. The molecular formula is C32H17N9. The first kappa shape index (κ1) is 20.9. The molecule has 2 aromatic heterocycles. The molecule has 6 aromatic rings. The lowest BCUT2D eigenvalue weighted by molar-refractivity contribution is 0.711. The van der Waals surface area contributed by atoms with Gasteiger partial charge in [-0.15, -0.1) is 0 Å². The van der Waals surface area contributed by atoms with Crippen molar-refractivity contribution in [2.24, 2.45) is 30.0 Å². The molecule has 0 spiro atoms. The van der Waals surface area contributed by atoms with E-state index >= 15 is 0 Å². The van der Waals surface area contributed by atoms with Crippen LogP contribution < -0.4 is 16.5 Å². The second kappa shape index (κ2) is 7.36. The number of aromatic nitrogens is 2. The Hall–Kier alpha value is -5.96. The van der Waals surface area contributed by atoms with Gasteiger partial charge < -0.3 is 0 Å². The lowest BCUT2D eigenvalue weighted by atomic mass is 10.1. The SMILES string of the molecule is c1ccc2c(c1)C1=NC/2=N\c2c3ccccc3c3n2Nn2/c(c4ccccc4/c2=N/C2=NC(=N\3)/c3ccccc32)=N\1. The molecule has 0 saturated carbocycles. The van der Waals surface area contributed by atoms with Gasteiger partial charge in [-0.1, -0.05) is 97.1 Å². The summed E-state index contributed by atoms with van der Waals surface area (Å²) in [6, 6.07) is 32.5. The predicted molar refractivity (Wildman–Crippen MR) is 159 cm³/mol. The molecule has 4 aromatic carbocycles. The van der Waals surface area contributed by atoms with Crippen molar-refractivity contribution in [3.05, 3.63) is 130 Å². The number of hydrogen-bond acceptors (Lipinski definition) is 7. The van der Waals surface area contributed by atoms with Crippen molar-refractivity contribution in [3.8, 4) is 0 Å². The van der Waals surface area contributed by atoms with Crippen molar-refractivity contribution in [2.45, 2.75) is 0 Å². The van der Waals surface area contributed by atoms with Gasteiger partial charge in [-0.25, -0.2) is 44.8 Å². The number of nitrogens with one attached hydrogen (secondary N) is 1. The smallest absolute Gasteiger partial charge is 0.165 e. The van der Waals surface area contributed by atoms with E-state index in [9.17, 15) is 0 Å². The summed E-state index contributed by atoms with van der Waals surface area (Å²) in [6.07, 6.45) is 0. The highest BCUT2D eigenvalue weighted by atomic mass is 15.7. The van der Waals surface area contributed by atoms with Gasteiger partial charge in [0.15, 0.2) is 46.0 Å². The summed E-state index contributed by atoms with van der Waals surface area (Å²) in [4.78, 5) is 30.6. The minimum Gasteiger partial charge on any atom is -0.224 e. The van der Waals surface area contributed by atoms with E-state index in [2.05, 4.69) is 29.8 Å². The monoisotopic (exact) mass is 527 g/mol. The highest BCUT2D eigenvalue weighted by Gasteiger charge is 2.29. The van der Waals surface area contributed by atoms with Gasteiger partial charge in [0.25, 0.3) is 0 Å². The van der Waals surface area contributed by atoms with Crippen LogP contribution in [0.4, 0.5) is 11.6 Å². The maximum atomic E-state index is 5.16. The van der Waals surface area contributed by atoms with E-state index in [0.717, 1.165) is 43.8 Å². The first-order chi connectivity index (χ1) is 20.3. The molecule has 4 aliphatic rings. The van der Waals surface area contributed by atoms with Crippen molar-refractivity contribution in [2.75, 3.05) is 5.53 Å². The molecule has 6 heterocycles. The molecule has 0 amide bonds. The Kier molecular flexibility index (Phi) is 3.76. The minimum atomic E-state index is 0.609. The van der Waals surface area contributed by atoms with E-state index in [1.54, 1.807) is 0 Å².